The van der Waals surface area contributed by atoms with Crippen LogP contribution in [-0.2, 0) is 9.53 Å². The third-order valence-corrected chi connectivity index (χ3v) is 4.15. The summed E-state index contributed by atoms with van der Waals surface area (Å²) in [6, 6.07) is 4.71. The van der Waals surface area contributed by atoms with Crippen molar-refractivity contribution in [1.29, 1.82) is 0 Å². The molecule has 27 heavy (non-hydrogen) atoms. The Morgan fingerprint density at radius 3 is 3.00 bits per heavy atom. The maximum Gasteiger partial charge on any atom is 0.245 e. The molecule has 1 aromatic carbocycles. The average molecular weight is 369 g/mol. The van der Waals surface area contributed by atoms with E-state index in [-0.39, 0.29) is 12.5 Å². The number of hydrogen-bond donors (Lipinski definition) is 2. The fraction of sp³-hybridized carbons (Fsp3) is 0.235. The number of methoxy groups -OCH3 is 1. The van der Waals surface area contributed by atoms with Crippen LogP contribution in [-0.4, -0.2) is 57.9 Å². The fourth-order valence-electron chi connectivity index (χ4n) is 2.84. The van der Waals surface area contributed by atoms with E-state index in [1.54, 1.807) is 24.1 Å². The van der Waals surface area contributed by atoms with E-state index in [2.05, 4.69) is 30.5 Å². The van der Waals surface area contributed by atoms with Gasteiger partial charge in [0.2, 0.25) is 5.91 Å². The third kappa shape index (κ3) is 3.34. The first-order valence-electron chi connectivity index (χ1n) is 8.23. The second kappa shape index (κ2) is 7.08. The molecule has 10 heteroatoms. The molecule has 0 atom stereocenters. The molecular formula is C17H16FN7O2. The lowest BCUT2D eigenvalue weighted by molar-refractivity contribution is -0.115. The van der Waals surface area contributed by atoms with E-state index in [1.165, 1.54) is 18.6 Å². The minimum atomic E-state index is -0.451. The lowest BCUT2D eigenvalue weighted by atomic mass is 10.1. The van der Waals surface area contributed by atoms with E-state index in [0.29, 0.717) is 47.4 Å². The van der Waals surface area contributed by atoms with Crippen molar-refractivity contribution in [3.63, 3.8) is 0 Å². The zero-order valence-corrected chi connectivity index (χ0v) is 14.4. The number of amides is 1. The molecule has 0 spiro atoms. The summed E-state index contributed by atoms with van der Waals surface area (Å²) in [5, 5.41) is 10.2. The summed E-state index contributed by atoms with van der Waals surface area (Å²) in [5.41, 5.74) is 1.38. The molecule has 3 aromatic rings. The molecule has 0 saturated heterocycles. The van der Waals surface area contributed by atoms with Crippen molar-refractivity contribution in [2.75, 3.05) is 37.0 Å². The van der Waals surface area contributed by atoms with Gasteiger partial charge in [0.15, 0.2) is 17.5 Å². The molecule has 1 amide bonds. The number of carbonyl (C=O) groups is 1. The van der Waals surface area contributed by atoms with E-state index in [9.17, 15) is 9.18 Å². The van der Waals surface area contributed by atoms with Crippen molar-refractivity contribution < 1.29 is 13.9 Å². The molecule has 0 bridgehead atoms. The maximum atomic E-state index is 14.5. The number of fused-ring (bicyclic) bond motifs is 1. The number of carbonyl (C=O) groups excluding carboxylic acids is 1. The highest BCUT2D eigenvalue weighted by molar-refractivity contribution is 5.99. The standard InChI is InChI=1S/C17H16FN7O2/c1-27-5-4-25-8-14(26)23-16-17(25)22-13(7-19-16)10-2-3-11(12(18)6-10)15-20-9-21-24-15/h2-3,6-7,9H,4-5,8H2,1H3,(H,19,23,26)(H,20,21,24). The molecular weight excluding hydrogens is 353 g/mol. The van der Waals surface area contributed by atoms with Crippen molar-refractivity contribution in [3.05, 3.63) is 36.5 Å². The highest BCUT2D eigenvalue weighted by Gasteiger charge is 2.25. The number of rotatable bonds is 5. The van der Waals surface area contributed by atoms with Crippen molar-refractivity contribution in [1.82, 2.24) is 25.1 Å². The first-order chi connectivity index (χ1) is 13.2. The van der Waals surface area contributed by atoms with Crippen LogP contribution in [0.5, 0.6) is 0 Å². The van der Waals surface area contributed by atoms with Gasteiger partial charge in [-0.15, -0.1) is 10.2 Å². The molecule has 0 aliphatic carbocycles. The Bertz CT molecular complexity index is 977. The summed E-state index contributed by atoms with van der Waals surface area (Å²) in [4.78, 5) is 25.2. The summed E-state index contributed by atoms with van der Waals surface area (Å²) < 4.78 is 19.6. The van der Waals surface area contributed by atoms with Gasteiger partial charge in [-0.3, -0.25) is 4.79 Å². The van der Waals surface area contributed by atoms with Crippen LogP contribution in [0.2, 0.25) is 0 Å². The number of nitrogens with one attached hydrogen (secondary N) is 2. The number of halogens is 1. The van der Waals surface area contributed by atoms with Gasteiger partial charge >= 0.3 is 0 Å². The molecule has 0 unspecified atom stereocenters. The quantitative estimate of drug-likeness (QED) is 0.701. The van der Waals surface area contributed by atoms with Crippen LogP contribution < -0.4 is 10.2 Å². The van der Waals surface area contributed by atoms with Gasteiger partial charge in [0.1, 0.15) is 12.1 Å². The topological polar surface area (TPSA) is 109 Å². The largest absolute Gasteiger partial charge is 0.383 e. The molecule has 138 valence electrons. The van der Waals surface area contributed by atoms with Crippen LogP contribution in [0.3, 0.4) is 0 Å². The van der Waals surface area contributed by atoms with Crippen molar-refractivity contribution >= 4 is 17.5 Å². The molecule has 4 rings (SSSR count). The van der Waals surface area contributed by atoms with Gasteiger partial charge in [-0.25, -0.2) is 14.4 Å². The maximum absolute atomic E-state index is 14.5. The number of ether oxygens (including phenoxy) is 1. The number of anilines is 2. The molecule has 1 aliphatic heterocycles. The highest BCUT2D eigenvalue weighted by Crippen LogP contribution is 2.30. The average Bonchev–Trinajstić information content (AvgIpc) is 3.20. The highest BCUT2D eigenvalue weighted by atomic mass is 19.1. The van der Waals surface area contributed by atoms with Gasteiger partial charge in [0.25, 0.3) is 0 Å². The minimum absolute atomic E-state index is 0.160. The number of nitrogens with zero attached hydrogens (tertiary/aromatic N) is 5. The van der Waals surface area contributed by atoms with Crippen LogP contribution in [0, 0.1) is 5.82 Å². The molecule has 1 aliphatic rings. The second-order valence-electron chi connectivity index (χ2n) is 5.92. The molecule has 2 aromatic heterocycles. The molecule has 2 N–H and O–H groups in total. The van der Waals surface area contributed by atoms with Crippen LogP contribution in [0.25, 0.3) is 22.6 Å². The smallest absolute Gasteiger partial charge is 0.245 e. The van der Waals surface area contributed by atoms with E-state index in [4.69, 9.17) is 4.74 Å². The van der Waals surface area contributed by atoms with E-state index < -0.39 is 5.82 Å². The van der Waals surface area contributed by atoms with Gasteiger partial charge in [-0.05, 0) is 12.1 Å². The molecule has 0 saturated carbocycles. The first kappa shape index (κ1) is 17.0. The van der Waals surface area contributed by atoms with Gasteiger partial charge < -0.3 is 19.9 Å². The summed E-state index contributed by atoms with van der Waals surface area (Å²) in [7, 11) is 1.59. The zero-order valence-electron chi connectivity index (χ0n) is 14.4. The normalized spacial score (nSPS) is 13.4. The molecule has 9 nitrogen and oxygen atoms in total. The Hall–Kier alpha value is -3.40. The number of H-pyrrole nitrogens is 1. The summed E-state index contributed by atoms with van der Waals surface area (Å²) >= 11 is 0. The van der Waals surface area contributed by atoms with Crippen LogP contribution >= 0.6 is 0 Å². The lowest BCUT2D eigenvalue weighted by Crippen LogP contribution is -2.41. The molecule has 0 radical (unpaired) electrons. The number of aromatic amines is 1. The van der Waals surface area contributed by atoms with Crippen LogP contribution in [0.15, 0.2) is 30.7 Å². The van der Waals surface area contributed by atoms with Crippen LogP contribution in [0.4, 0.5) is 16.0 Å². The number of aromatic nitrogens is 5. The summed E-state index contributed by atoms with van der Waals surface area (Å²) in [6.07, 6.45) is 2.89. The van der Waals surface area contributed by atoms with Gasteiger partial charge in [0, 0.05) is 19.2 Å². The Kier molecular flexibility index (Phi) is 4.47. The van der Waals surface area contributed by atoms with E-state index in [0.717, 1.165) is 0 Å². The van der Waals surface area contributed by atoms with Gasteiger partial charge in [0.05, 0.1) is 30.6 Å². The Morgan fingerprint density at radius 1 is 1.37 bits per heavy atom. The predicted octanol–water partition coefficient (Wildman–Crippen LogP) is 1.47. The molecule has 3 heterocycles. The van der Waals surface area contributed by atoms with Gasteiger partial charge in [-0.2, -0.15) is 0 Å². The molecule has 0 fully saturated rings. The van der Waals surface area contributed by atoms with Crippen LogP contribution in [0.1, 0.15) is 0 Å². The minimum Gasteiger partial charge on any atom is -0.383 e. The Morgan fingerprint density at radius 2 is 2.26 bits per heavy atom. The summed E-state index contributed by atoms with van der Waals surface area (Å²) in [5.74, 6) is 0.647. The van der Waals surface area contributed by atoms with E-state index >= 15 is 0 Å². The number of benzene rings is 1. The fourth-order valence-corrected chi connectivity index (χ4v) is 2.84. The predicted molar refractivity (Wildman–Crippen MR) is 95.5 cm³/mol. The van der Waals surface area contributed by atoms with Gasteiger partial charge in [-0.1, -0.05) is 6.07 Å². The first-order valence-corrected chi connectivity index (χ1v) is 8.23. The SMILES string of the molecule is COCCN1CC(=O)Nc2ncc(-c3ccc(-c4nnc[nH]4)c(F)c3)nc21. The Labute approximate surface area is 153 Å². The van der Waals surface area contributed by atoms with Crippen molar-refractivity contribution in [3.8, 4) is 22.6 Å². The van der Waals surface area contributed by atoms with E-state index in [1.807, 2.05) is 0 Å². The van der Waals surface area contributed by atoms with Crippen molar-refractivity contribution in [2.45, 2.75) is 0 Å². The third-order valence-electron chi connectivity index (χ3n) is 4.15. The monoisotopic (exact) mass is 369 g/mol. The van der Waals surface area contributed by atoms with Crippen molar-refractivity contribution in [2.24, 2.45) is 0 Å². The lowest BCUT2D eigenvalue weighted by Gasteiger charge is -2.28. The Balaban J connectivity index is 1.69. The second-order valence-corrected chi connectivity index (χ2v) is 5.92. The number of hydrogen-bond acceptors (Lipinski definition) is 7. The zero-order chi connectivity index (χ0) is 18.8. The summed E-state index contributed by atoms with van der Waals surface area (Å²) in [6.45, 7) is 1.10.